The van der Waals surface area contributed by atoms with Crippen molar-refractivity contribution in [1.29, 1.82) is 0 Å². The Kier molecular flexibility index (Phi) is 7.43. The molecule has 1 aromatic heterocycles. The van der Waals surface area contributed by atoms with Gasteiger partial charge in [0.1, 0.15) is 0 Å². The average Bonchev–Trinajstić information content (AvgIpc) is 3.34. The van der Waals surface area contributed by atoms with Gasteiger partial charge in [0.05, 0.1) is 10.9 Å². The van der Waals surface area contributed by atoms with Crippen LogP contribution in [0.25, 0.3) is 6.08 Å². The van der Waals surface area contributed by atoms with Crippen LogP contribution in [0.2, 0.25) is 0 Å². The second kappa shape index (κ2) is 10.6. The lowest BCUT2D eigenvalue weighted by Gasteiger charge is -2.23. The van der Waals surface area contributed by atoms with Crippen molar-refractivity contribution in [2.75, 3.05) is 11.1 Å². The topological polar surface area (TPSA) is 83.6 Å². The summed E-state index contributed by atoms with van der Waals surface area (Å²) in [5, 5.41) is 17.4. The summed E-state index contributed by atoms with van der Waals surface area (Å²) in [4.78, 5) is 14.8. The standard InChI is InChI=1S/C23H25N5OS2/c1-2-3-4-6-16-9-11-17(12-10-16)13-14-21(29)24-18-7-5-8-19-22(18)31-20(15-30-19)23-25-27-28-26-23/h5,7-14,20H,2-4,6,15H2,1H3,(H,24,29)(H,25,26,27,28)/b14-13+. The Labute approximate surface area is 190 Å². The molecule has 0 saturated heterocycles. The van der Waals surface area contributed by atoms with E-state index in [2.05, 4.69) is 63.2 Å². The molecule has 3 aromatic rings. The number of amides is 1. The maximum atomic E-state index is 12.6. The lowest BCUT2D eigenvalue weighted by molar-refractivity contribution is -0.111. The molecule has 2 aromatic carbocycles. The first-order chi connectivity index (χ1) is 15.2. The fraction of sp³-hybridized carbons (Fsp3) is 0.304. The zero-order chi connectivity index (χ0) is 21.5. The van der Waals surface area contributed by atoms with Crippen LogP contribution in [0.4, 0.5) is 5.69 Å². The molecule has 2 N–H and O–H groups in total. The van der Waals surface area contributed by atoms with Gasteiger partial charge in [-0.1, -0.05) is 50.1 Å². The Bertz CT molecular complexity index is 1030. The van der Waals surface area contributed by atoms with Crippen molar-refractivity contribution in [2.24, 2.45) is 0 Å². The van der Waals surface area contributed by atoms with E-state index in [0.29, 0.717) is 0 Å². The highest BCUT2D eigenvalue weighted by Crippen LogP contribution is 2.49. The van der Waals surface area contributed by atoms with Gasteiger partial charge in [0, 0.05) is 21.6 Å². The number of fused-ring (bicyclic) bond motifs is 1. The van der Waals surface area contributed by atoms with E-state index in [-0.39, 0.29) is 11.2 Å². The molecule has 1 unspecified atom stereocenters. The van der Waals surface area contributed by atoms with Crippen molar-refractivity contribution < 1.29 is 4.79 Å². The summed E-state index contributed by atoms with van der Waals surface area (Å²) < 4.78 is 0. The van der Waals surface area contributed by atoms with Crippen molar-refractivity contribution in [3.8, 4) is 0 Å². The number of hydrogen-bond acceptors (Lipinski definition) is 6. The smallest absolute Gasteiger partial charge is 0.248 e. The lowest BCUT2D eigenvalue weighted by Crippen LogP contribution is -2.11. The van der Waals surface area contributed by atoms with Crippen LogP contribution in [0.15, 0.2) is 58.3 Å². The maximum absolute atomic E-state index is 12.6. The van der Waals surface area contributed by atoms with Gasteiger partial charge < -0.3 is 5.32 Å². The monoisotopic (exact) mass is 451 g/mol. The number of anilines is 1. The summed E-state index contributed by atoms with van der Waals surface area (Å²) in [5.41, 5.74) is 3.18. The largest absolute Gasteiger partial charge is 0.321 e. The van der Waals surface area contributed by atoms with E-state index >= 15 is 0 Å². The molecule has 1 aliphatic heterocycles. The predicted molar refractivity (Wildman–Crippen MR) is 127 cm³/mol. The van der Waals surface area contributed by atoms with E-state index in [4.69, 9.17) is 0 Å². The summed E-state index contributed by atoms with van der Waals surface area (Å²) in [7, 11) is 0. The van der Waals surface area contributed by atoms with Gasteiger partial charge in [-0.05, 0) is 52.6 Å². The van der Waals surface area contributed by atoms with Crippen LogP contribution in [-0.4, -0.2) is 32.3 Å². The van der Waals surface area contributed by atoms with E-state index in [1.54, 1.807) is 29.6 Å². The number of unbranched alkanes of at least 4 members (excludes halogenated alkanes) is 2. The molecular weight excluding hydrogens is 426 g/mol. The third-order valence-electron chi connectivity index (χ3n) is 5.03. The number of H-pyrrole nitrogens is 1. The molecule has 0 bridgehead atoms. The summed E-state index contributed by atoms with van der Waals surface area (Å²) in [6.45, 7) is 2.22. The number of hydrogen-bond donors (Lipinski definition) is 2. The van der Waals surface area contributed by atoms with Crippen LogP contribution in [0.5, 0.6) is 0 Å². The van der Waals surface area contributed by atoms with Crippen molar-refractivity contribution >= 4 is 41.2 Å². The van der Waals surface area contributed by atoms with Gasteiger partial charge in [0.2, 0.25) is 5.91 Å². The fourth-order valence-corrected chi connectivity index (χ4v) is 5.98. The molecular formula is C23H25N5OS2. The van der Waals surface area contributed by atoms with Crippen LogP contribution in [0.1, 0.15) is 48.4 Å². The quantitative estimate of drug-likeness (QED) is 0.346. The van der Waals surface area contributed by atoms with Crippen molar-refractivity contribution in [3.63, 3.8) is 0 Å². The van der Waals surface area contributed by atoms with Gasteiger partial charge in [-0.3, -0.25) is 4.79 Å². The summed E-state index contributed by atoms with van der Waals surface area (Å²) >= 11 is 3.42. The van der Waals surface area contributed by atoms with E-state index < -0.39 is 0 Å². The van der Waals surface area contributed by atoms with Gasteiger partial charge >= 0.3 is 0 Å². The Hall–Kier alpha value is -2.58. The molecule has 0 spiro atoms. The average molecular weight is 452 g/mol. The Morgan fingerprint density at radius 3 is 2.87 bits per heavy atom. The van der Waals surface area contributed by atoms with E-state index in [1.165, 1.54) is 24.8 Å². The first kappa shape index (κ1) is 21.6. The SMILES string of the molecule is CCCCCc1ccc(/C=C/C(=O)Nc2cccc3c2SC(c2nnn[nH]2)CS3)cc1. The van der Waals surface area contributed by atoms with E-state index in [0.717, 1.165) is 39.0 Å². The fourth-order valence-electron chi connectivity index (χ4n) is 3.35. The molecule has 0 aliphatic carbocycles. The zero-order valence-electron chi connectivity index (χ0n) is 17.4. The zero-order valence-corrected chi connectivity index (χ0v) is 19.0. The minimum absolute atomic E-state index is 0.122. The number of rotatable bonds is 8. The third-order valence-corrected chi connectivity index (χ3v) is 7.87. The summed E-state index contributed by atoms with van der Waals surface area (Å²) in [5.74, 6) is 1.48. The molecule has 31 heavy (non-hydrogen) atoms. The predicted octanol–water partition coefficient (Wildman–Crippen LogP) is 5.52. The minimum atomic E-state index is -0.144. The van der Waals surface area contributed by atoms with Crippen LogP contribution in [0.3, 0.4) is 0 Å². The number of aromatic amines is 1. The molecule has 4 rings (SSSR count). The first-order valence-corrected chi connectivity index (χ1v) is 12.3. The molecule has 160 valence electrons. The Morgan fingerprint density at radius 2 is 2.10 bits per heavy atom. The molecule has 1 atom stereocenters. The van der Waals surface area contributed by atoms with Gasteiger partial charge in [-0.2, -0.15) is 0 Å². The Morgan fingerprint density at radius 1 is 1.23 bits per heavy atom. The molecule has 1 aliphatic rings. The van der Waals surface area contributed by atoms with Crippen molar-refractivity contribution in [3.05, 3.63) is 65.5 Å². The highest BCUT2D eigenvalue weighted by atomic mass is 32.2. The van der Waals surface area contributed by atoms with Crippen LogP contribution in [-0.2, 0) is 11.2 Å². The number of tetrazole rings is 1. The minimum Gasteiger partial charge on any atom is -0.321 e. The number of benzene rings is 2. The molecule has 0 radical (unpaired) electrons. The van der Waals surface area contributed by atoms with Gasteiger partial charge in [-0.15, -0.1) is 28.6 Å². The number of nitrogens with one attached hydrogen (secondary N) is 2. The van der Waals surface area contributed by atoms with Crippen LogP contribution >= 0.6 is 23.5 Å². The van der Waals surface area contributed by atoms with Crippen LogP contribution in [0, 0.1) is 0 Å². The van der Waals surface area contributed by atoms with Crippen molar-refractivity contribution in [1.82, 2.24) is 20.6 Å². The highest BCUT2D eigenvalue weighted by Gasteiger charge is 2.26. The number of thioether (sulfide) groups is 2. The second-order valence-electron chi connectivity index (χ2n) is 7.36. The molecule has 0 saturated carbocycles. The molecule has 8 heteroatoms. The number of aromatic nitrogens is 4. The van der Waals surface area contributed by atoms with Crippen LogP contribution < -0.4 is 5.32 Å². The molecule has 2 heterocycles. The first-order valence-electron chi connectivity index (χ1n) is 10.5. The molecule has 6 nitrogen and oxygen atoms in total. The lowest BCUT2D eigenvalue weighted by atomic mass is 10.1. The molecule has 0 fully saturated rings. The van der Waals surface area contributed by atoms with Gasteiger partial charge in [0.15, 0.2) is 5.82 Å². The van der Waals surface area contributed by atoms with E-state index in [9.17, 15) is 4.79 Å². The summed E-state index contributed by atoms with van der Waals surface area (Å²) in [6, 6.07) is 14.4. The normalized spacial score (nSPS) is 15.7. The number of carbonyl (C=O) groups is 1. The molecule has 1 amide bonds. The van der Waals surface area contributed by atoms with Gasteiger partial charge in [-0.25, -0.2) is 5.10 Å². The maximum Gasteiger partial charge on any atom is 0.248 e. The van der Waals surface area contributed by atoms with Crippen molar-refractivity contribution in [2.45, 2.75) is 47.6 Å². The number of nitrogens with zero attached hydrogens (tertiary/aromatic N) is 3. The number of carbonyl (C=O) groups excluding carboxylic acids is 1. The summed E-state index contributed by atoms with van der Waals surface area (Å²) in [6.07, 6.45) is 8.26. The second-order valence-corrected chi connectivity index (χ2v) is 9.63. The Balaban J connectivity index is 1.39. The van der Waals surface area contributed by atoms with E-state index in [1.807, 2.05) is 18.2 Å². The third kappa shape index (κ3) is 5.77. The highest BCUT2D eigenvalue weighted by molar-refractivity contribution is 8.06. The van der Waals surface area contributed by atoms with Gasteiger partial charge in [0.25, 0.3) is 0 Å². The number of aryl methyl sites for hydroxylation is 1.